The zero-order valence-electron chi connectivity index (χ0n) is 15.2. The molecule has 0 saturated carbocycles. The van der Waals surface area contributed by atoms with Gasteiger partial charge in [0, 0.05) is 11.8 Å². The predicted molar refractivity (Wildman–Crippen MR) is 106 cm³/mol. The Morgan fingerprint density at radius 3 is 2.79 bits per heavy atom. The Balaban J connectivity index is 1.37. The molecule has 4 aromatic rings. The SMILES string of the molecule is O=C(NC1CCCc2ccccc21)c1ccc(-n2nnc3cccnc32)cc1. The first-order valence-electron chi connectivity index (χ1n) is 9.45. The van der Waals surface area contributed by atoms with E-state index in [1.807, 2.05) is 42.5 Å². The molecule has 1 N–H and O–H groups in total. The molecule has 28 heavy (non-hydrogen) atoms. The van der Waals surface area contributed by atoms with Gasteiger partial charge >= 0.3 is 0 Å². The van der Waals surface area contributed by atoms with E-state index in [9.17, 15) is 4.79 Å². The minimum absolute atomic E-state index is 0.0603. The third-order valence-electron chi connectivity index (χ3n) is 5.26. The number of rotatable bonds is 3. The Kier molecular flexibility index (Phi) is 4.09. The van der Waals surface area contributed by atoms with E-state index in [1.54, 1.807) is 10.9 Å². The quantitative estimate of drug-likeness (QED) is 0.599. The fraction of sp³-hybridized carbons (Fsp3) is 0.182. The highest BCUT2D eigenvalue weighted by Crippen LogP contribution is 2.29. The Morgan fingerprint density at radius 1 is 1.04 bits per heavy atom. The van der Waals surface area contributed by atoms with Gasteiger partial charge in [-0.1, -0.05) is 29.5 Å². The van der Waals surface area contributed by atoms with Crippen LogP contribution >= 0.6 is 0 Å². The maximum Gasteiger partial charge on any atom is 0.251 e. The first-order valence-corrected chi connectivity index (χ1v) is 9.45. The summed E-state index contributed by atoms with van der Waals surface area (Å²) in [5, 5.41) is 11.5. The lowest BCUT2D eigenvalue weighted by Crippen LogP contribution is -2.30. The summed E-state index contributed by atoms with van der Waals surface area (Å²) in [5.74, 6) is -0.0603. The van der Waals surface area contributed by atoms with Gasteiger partial charge in [-0.05, 0) is 66.8 Å². The van der Waals surface area contributed by atoms with E-state index >= 15 is 0 Å². The zero-order valence-corrected chi connectivity index (χ0v) is 15.2. The largest absolute Gasteiger partial charge is 0.345 e. The molecule has 1 aliphatic rings. The van der Waals surface area contributed by atoms with E-state index in [0.717, 1.165) is 30.5 Å². The molecule has 1 atom stereocenters. The molecule has 0 fully saturated rings. The molecule has 2 aromatic heterocycles. The minimum atomic E-state index is -0.0603. The van der Waals surface area contributed by atoms with Crippen molar-refractivity contribution in [2.75, 3.05) is 0 Å². The van der Waals surface area contributed by atoms with Gasteiger partial charge in [-0.3, -0.25) is 4.79 Å². The molecule has 6 heteroatoms. The second-order valence-electron chi connectivity index (χ2n) is 7.01. The lowest BCUT2D eigenvalue weighted by molar-refractivity contribution is 0.0933. The number of fused-ring (bicyclic) bond motifs is 2. The second-order valence-corrected chi connectivity index (χ2v) is 7.01. The predicted octanol–water partition coefficient (Wildman–Crippen LogP) is 3.62. The fourth-order valence-corrected chi connectivity index (χ4v) is 3.84. The number of benzene rings is 2. The van der Waals surface area contributed by atoms with Gasteiger partial charge in [0.25, 0.3) is 5.91 Å². The fourth-order valence-electron chi connectivity index (χ4n) is 3.84. The summed E-state index contributed by atoms with van der Waals surface area (Å²) >= 11 is 0. The number of carbonyl (C=O) groups is 1. The monoisotopic (exact) mass is 369 g/mol. The molecule has 0 bridgehead atoms. The summed E-state index contributed by atoms with van der Waals surface area (Å²) in [4.78, 5) is 17.1. The van der Waals surface area contributed by atoms with Crippen LogP contribution in [-0.4, -0.2) is 25.9 Å². The second kappa shape index (κ2) is 6.88. The van der Waals surface area contributed by atoms with Crippen LogP contribution in [0.5, 0.6) is 0 Å². The number of aryl methyl sites for hydroxylation is 1. The highest BCUT2D eigenvalue weighted by molar-refractivity contribution is 5.94. The summed E-state index contributed by atoms with van der Waals surface area (Å²) in [6.07, 6.45) is 4.86. The molecule has 5 rings (SSSR count). The molecule has 1 amide bonds. The summed E-state index contributed by atoms with van der Waals surface area (Å²) < 4.78 is 1.67. The van der Waals surface area contributed by atoms with Crippen molar-refractivity contribution in [3.05, 3.63) is 83.6 Å². The van der Waals surface area contributed by atoms with Gasteiger partial charge in [0.1, 0.15) is 5.52 Å². The van der Waals surface area contributed by atoms with Crippen molar-refractivity contribution >= 4 is 17.1 Å². The van der Waals surface area contributed by atoms with Crippen molar-refractivity contribution < 1.29 is 4.79 Å². The Bertz CT molecular complexity index is 1150. The van der Waals surface area contributed by atoms with Gasteiger partial charge in [-0.2, -0.15) is 4.68 Å². The number of carbonyl (C=O) groups excluding carboxylic acids is 1. The molecule has 2 aromatic carbocycles. The van der Waals surface area contributed by atoms with Crippen LogP contribution < -0.4 is 5.32 Å². The van der Waals surface area contributed by atoms with Crippen LogP contribution in [0.15, 0.2) is 66.9 Å². The van der Waals surface area contributed by atoms with Crippen LogP contribution in [0.1, 0.15) is 40.4 Å². The van der Waals surface area contributed by atoms with Crippen molar-refractivity contribution in [2.45, 2.75) is 25.3 Å². The van der Waals surface area contributed by atoms with E-state index in [4.69, 9.17) is 0 Å². The highest BCUT2D eigenvalue weighted by atomic mass is 16.1. The van der Waals surface area contributed by atoms with Gasteiger partial charge in [-0.15, -0.1) is 5.10 Å². The van der Waals surface area contributed by atoms with Crippen LogP contribution in [-0.2, 0) is 6.42 Å². The summed E-state index contributed by atoms with van der Waals surface area (Å²) in [6, 6.07) is 19.5. The van der Waals surface area contributed by atoms with Crippen molar-refractivity contribution in [2.24, 2.45) is 0 Å². The maximum atomic E-state index is 12.8. The maximum absolute atomic E-state index is 12.8. The first kappa shape index (κ1) is 16.6. The number of aromatic nitrogens is 4. The third kappa shape index (κ3) is 2.93. The van der Waals surface area contributed by atoms with Gasteiger partial charge in [-0.25, -0.2) is 4.98 Å². The van der Waals surface area contributed by atoms with Crippen molar-refractivity contribution in [1.29, 1.82) is 0 Å². The molecule has 0 saturated heterocycles. The standard InChI is InChI=1S/C22H19N5O/c28-22(24-19-8-3-6-15-5-1-2-7-18(15)19)16-10-12-17(13-11-16)27-21-20(25-26-27)9-4-14-23-21/h1-2,4-5,7,9-14,19H,3,6,8H2,(H,24,28). The smallest absolute Gasteiger partial charge is 0.251 e. The van der Waals surface area contributed by atoms with E-state index in [-0.39, 0.29) is 11.9 Å². The van der Waals surface area contributed by atoms with Crippen LogP contribution in [0.4, 0.5) is 0 Å². The summed E-state index contributed by atoms with van der Waals surface area (Å²) in [6.45, 7) is 0. The highest BCUT2D eigenvalue weighted by Gasteiger charge is 2.22. The lowest BCUT2D eigenvalue weighted by atomic mass is 9.87. The Hall–Kier alpha value is -3.54. The van der Waals surface area contributed by atoms with Crippen LogP contribution in [0.3, 0.4) is 0 Å². The third-order valence-corrected chi connectivity index (χ3v) is 5.26. The number of hydrogen-bond acceptors (Lipinski definition) is 4. The molecule has 0 aliphatic heterocycles. The molecular weight excluding hydrogens is 350 g/mol. The van der Waals surface area contributed by atoms with Crippen molar-refractivity contribution in [3.63, 3.8) is 0 Å². The minimum Gasteiger partial charge on any atom is -0.345 e. The summed E-state index contributed by atoms with van der Waals surface area (Å²) in [7, 11) is 0. The van der Waals surface area contributed by atoms with Crippen LogP contribution in [0.2, 0.25) is 0 Å². The van der Waals surface area contributed by atoms with E-state index < -0.39 is 0 Å². The molecule has 0 spiro atoms. The van der Waals surface area contributed by atoms with Gasteiger partial charge in [0.2, 0.25) is 0 Å². The molecule has 0 radical (unpaired) electrons. The zero-order chi connectivity index (χ0) is 18.9. The van der Waals surface area contributed by atoms with Crippen LogP contribution in [0.25, 0.3) is 16.9 Å². The van der Waals surface area contributed by atoms with Gasteiger partial charge in [0.05, 0.1) is 11.7 Å². The number of nitrogens with zero attached hydrogens (tertiary/aromatic N) is 4. The van der Waals surface area contributed by atoms with Crippen LogP contribution in [0, 0.1) is 0 Å². The normalized spacial score (nSPS) is 15.9. The molecule has 138 valence electrons. The molecular formula is C22H19N5O. The summed E-state index contributed by atoms with van der Waals surface area (Å²) in [5.41, 5.74) is 5.45. The molecule has 6 nitrogen and oxygen atoms in total. The van der Waals surface area contributed by atoms with Gasteiger partial charge in [0.15, 0.2) is 5.65 Å². The van der Waals surface area contributed by atoms with E-state index in [0.29, 0.717) is 11.2 Å². The van der Waals surface area contributed by atoms with Gasteiger partial charge < -0.3 is 5.32 Å². The number of pyridine rings is 1. The molecule has 1 unspecified atom stereocenters. The average Bonchev–Trinajstić information content (AvgIpc) is 3.18. The molecule has 1 aliphatic carbocycles. The van der Waals surface area contributed by atoms with Crippen molar-refractivity contribution in [3.8, 4) is 5.69 Å². The Morgan fingerprint density at radius 2 is 1.89 bits per heavy atom. The topological polar surface area (TPSA) is 72.7 Å². The van der Waals surface area contributed by atoms with Crippen molar-refractivity contribution in [1.82, 2.24) is 25.3 Å². The number of amides is 1. The first-order chi connectivity index (χ1) is 13.8. The Labute approximate surface area is 162 Å². The number of nitrogens with one attached hydrogen (secondary N) is 1. The van der Waals surface area contributed by atoms with E-state index in [1.165, 1.54) is 11.1 Å². The average molecular weight is 369 g/mol. The number of hydrogen-bond donors (Lipinski definition) is 1. The van der Waals surface area contributed by atoms with E-state index in [2.05, 4.69) is 38.8 Å². The molecule has 2 heterocycles. The lowest BCUT2D eigenvalue weighted by Gasteiger charge is -2.26.